The Morgan fingerprint density at radius 1 is 0.260 bits per heavy atom. The van der Waals surface area contributed by atoms with Crippen molar-refractivity contribution in [2.45, 2.75) is 0 Å². The van der Waals surface area contributed by atoms with Gasteiger partial charge in [-0.15, -0.1) is 0 Å². The van der Waals surface area contributed by atoms with Gasteiger partial charge in [-0.1, -0.05) is 194 Å². The SMILES string of the molecule is [C-]#[N+]c1ccc(-c2ccc3c(c2)c2cc(-c4ccc([N+]#[C-])cc4)ccc2n3-c2ccc(-c3ccc(C#N)cc3)cc2-c2ccc(-n3c4ccc(-c5ccc(C#N)cc5)cc4c4cc(-c5ccc([N+]#[C-])cc5)ccc43)c(-c3nc(-c4ccccc4)nc(-c4ccccc4)n3)c2)cc1. The number of fused-ring (bicyclic) bond motifs is 6. The minimum atomic E-state index is 0.454. The van der Waals surface area contributed by atoms with E-state index in [1.54, 1.807) is 0 Å². The van der Waals surface area contributed by atoms with Crippen molar-refractivity contribution in [2.24, 2.45) is 0 Å². The van der Waals surface area contributed by atoms with Gasteiger partial charge in [-0.3, -0.25) is 0 Å². The van der Waals surface area contributed by atoms with Gasteiger partial charge in [-0.05, 0) is 158 Å². The first-order valence-electron chi connectivity index (χ1n) is 31.1. The van der Waals surface area contributed by atoms with Crippen LogP contribution in [-0.2, 0) is 0 Å². The predicted octanol–water partition coefficient (Wildman–Crippen LogP) is 22.5. The van der Waals surface area contributed by atoms with Gasteiger partial charge in [-0.2, -0.15) is 10.5 Å². The Kier molecular flexibility index (Phi) is 14.2. The molecule has 3 aromatic heterocycles. The van der Waals surface area contributed by atoms with Crippen molar-refractivity contribution < 1.29 is 0 Å². The molecule has 0 spiro atoms. The average molecular weight is 1220 g/mol. The summed E-state index contributed by atoms with van der Waals surface area (Å²) in [6.45, 7) is 23.0. The van der Waals surface area contributed by atoms with Crippen molar-refractivity contribution in [3.63, 3.8) is 0 Å². The van der Waals surface area contributed by atoms with Crippen molar-refractivity contribution >= 4 is 60.7 Å². The quantitative estimate of drug-likeness (QED) is 0.120. The summed E-state index contributed by atoms with van der Waals surface area (Å²) in [6, 6.07) is 103. The number of nitriles is 2. The van der Waals surface area contributed by atoms with Gasteiger partial charge in [0.05, 0.1) is 76.4 Å². The molecule has 0 radical (unpaired) electrons. The lowest BCUT2D eigenvalue weighted by Crippen LogP contribution is -2.04. The van der Waals surface area contributed by atoms with E-state index < -0.39 is 0 Å². The predicted molar refractivity (Wildman–Crippen MR) is 386 cm³/mol. The summed E-state index contributed by atoms with van der Waals surface area (Å²) in [5.41, 5.74) is 22.4. The van der Waals surface area contributed by atoms with Crippen LogP contribution >= 0.6 is 0 Å². The molecule has 16 aromatic rings. The summed E-state index contributed by atoms with van der Waals surface area (Å²) >= 11 is 0. The van der Waals surface area contributed by atoms with Crippen LogP contribution in [0.15, 0.2) is 291 Å². The number of hydrogen-bond donors (Lipinski definition) is 0. The van der Waals surface area contributed by atoms with E-state index in [2.05, 4.69) is 145 Å². The van der Waals surface area contributed by atoms with E-state index in [-0.39, 0.29) is 0 Å². The molecule has 0 aliphatic heterocycles. The zero-order valence-electron chi connectivity index (χ0n) is 51.2. The van der Waals surface area contributed by atoms with Crippen LogP contribution in [0.3, 0.4) is 0 Å². The first-order valence-corrected chi connectivity index (χ1v) is 31.1. The van der Waals surface area contributed by atoms with Gasteiger partial charge in [0.25, 0.3) is 0 Å². The molecule has 0 amide bonds. The van der Waals surface area contributed by atoms with E-state index in [1.807, 2.05) is 182 Å². The molecule has 0 fully saturated rings. The van der Waals surface area contributed by atoms with Crippen LogP contribution in [-0.4, -0.2) is 24.1 Å². The molecule has 0 atom stereocenters. The second-order valence-electron chi connectivity index (χ2n) is 23.5. The van der Waals surface area contributed by atoms with Gasteiger partial charge in [0.15, 0.2) is 34.5 Å². The summed E-state index contributed by atoms with van der Waals surface area (Å²) in [7, 11) is 0. The Labute approximate surface area is 553 Å². The standard InChI is InChI=1S/C86H48N10/c1-89-69-34-22-58(23-35-69)65-30-41-79-73(48-65)74-49-66(59-24-36-70(90-2)37-25-59)31-42-80(74)95(79)78-40-28-63(56-18-14-54(52-87)15-19-56)46-72(78)68-33-45-83(77(51-68)86-93-84(61-10-6-4-7-11-61)92-85(94-86)62-12-8-5-9-13-62)96-81-43-29-64(57-20-16-55(53-88)17-21-57)47-75(81)76-50-67(32-44-82(76)96)60-26-38-71(91-3)39-27-60/h4-51H. The van der Waals surface area contributed by atoms with E-state index in [4.69, 9.17) is 34.7 Å². The van der Waals surface area contributed by atoms with Gasteiger partial charge in [0, 0.05) is 43.8 Å². The Hall–Kier alpha value is -14.1. The Balaban J connectivity index is 0.985. The van der Waals surface area contributed by atoms with Gasteiger partial charge in [0.1, 0.15) is 0 Å². The zero-order chi connectivity index (χ0) is 64.8. The minimum Gasteiger partial charge on any atom is -0.309 e. The molecule has 0 aliphatic carbocycles. The molecule has 10 nitrogen and oxygen atoms in total. The second-order valence-corrected chi connectivity index (χ2v) is 23.5. The zero-order valence-corrected chi connectivity index (χ0v) is 51.2. The van der Waals surface area contributed by atoms with Gasteiger partial charge >= 0.3 is 0 Å². The van der Waals surface area contributed by atoms with Crippen molar-refractivity contribution in [3.05, 3.63) is 337 Å². The molecule has 0 saturated carbocycles. The Morgan fingerprint density at radius 2 is 0.542 bits per heavy atom. The average Bonchev–Trinajstić information content (AvgIpc) is 1.58. The van der Waals surface area contributed by atoms with Crippen LogP contribution in [0.25, 0.3) is 170 Å². The third-order valence-electron chi connectivity index (χ3n) is 17.9. The fraction of sp³-hybridized carbons (Fsp3) is 0. The molecule has 442 valence electrons. The first kappa shape index (κ1) is 57.1. The van der Waals surface area contributed by atoms with Crippen molar-refractivity contribution in [1.29, 1.82) is 10.5 Å². The molecule has 10 heteroatoms. The topological polar surface area (TPSA) is 109 Å². The lowest BCUT2D eigenvalue weighted by Gasteiger charge is -2.19. The molecular formula is C86H48N10. The minimum absolute atomic E-state index is 0.454. The summed E-state index contributed by atoms with van der Waals surface area (Å²) in [5.74, 6) is 1.48. The van der Waals surface area contributed by atoms with E-state index in [9.17, 15) is 10.5 Å². The maximum Gasteiger partial charge on any atom is 0.187 e. The van der Waals surface area contributed by atoms with Gasteiger partial charge in [-0.25, -0.2) is 29.5 Å². The lowest BCUT2D eigenvalue weighted by molar-refractivity contribution is 1.06. The highest BCUT2D eigenvalue weighted by Crippen LogP contribution is 2.45. The maximum atomic E-state index is 9.95. The Morgan fingerprint density at radius 3 is 0.885 bits per heavy atom. The van der Waals surface area contributed by atoms with E-state index >= 15 is 0 Å². The van der Waals surface area contributed by atoms with E-state index in [0.29, 0.717) is 45.7 Å². The van der Waals surface area contributed by atoms with Gasteiger partial charge < -0.3 is 9.13 Å². The van der Waals surface area contributed by atoms with Crippen LogP contribution < -0.4 is 0 Å². The monoisotopic (exact) mass is 1220 g/mol. The van der Waals surface area contributed by atoms with Crippen LogP contribution in [0, 0.1) is 42.4 Å². The number of aromatic nitrogens is 5. The van der Waals surface area contributed by atoms with Crippen molar-refractivity contribution in [2.75, 3.05) is 0 Å². The third-order valence-corrected chi connectivity index (χ3v) is 17.9. The highest BCUT2D eigenvalue weighted by Gasteiger charge is 2.25. The maximum absolute atomic E-state index is 9.95. The summed E-state index contributed by atoms with van der Waals surface area (Å²) < 4.78 is 4.66. The number of rotatable bonds is 11. The van der Waals surface area contributed by atoms with Crippen LogP contribution in [0.4, 0.5) is 17.1 Å². The summed E-state index contributed by atoms with van der Waals surface area (Å²) in [5, 5.41) is 23.8. The Bertz CT molecular complexity index is 5730. The molecule has 0 unspecified atom stereocenters. The highest BCUT2D eigenvalue weighted by molar-refractivity contribution is 6.14. The van der Waals surface area contributed by atoms with Gasteiger partial charge in [0.2, 0.25) is 0 Å². The van der Waals surface area contributed by atoms with Crippen LogP contribution in [0.5, 0.6) is 0 Å². The highest BCUT2D eigenvalue weighted by atomic mass is 15.1. The summed E-state index contributed by atoms with van der Waals surface area (Å²) in [6.07, 6.45) is 0. The molecule has 0 N–H and O–H groups in total. The van der Waals surface area contributed by atoms with Crippen molar-refractivity contribution in [3.8, 4) is 124 Å². The largest absolute Gasteiger partial charge is 0.309 e. The molecule has 3 heterocycles. The number of benzene rings is 13. The molecule has 0 bridgehead atoms. The van der Waals surface area contributed by atoms with E-state index in [1.165, 1.54) is 0 Å². The summed E-state index contributed by atoms with van der Waals surface area (Å²) in [4.78, 5) is 27.2. The second kappa shape index (κ2) is 23.9. The molecule has 96 heavy (non-hydrogen) atoms. The lowest BCUT2D eigenvalue weighted by atomic mass is 9.94. The number of nitrogens with zero attached hydrogens (tertiary/aromatic N) is 10. The fourth-order valence-corrected chi connectivity index (χ4v) is 13.1. The molecule has 16 rings (SSSR count). The first-order chi connectivity index (χ1) is 47.3. The van der Waals surface area contributed by atoms with Crippen LogP contribution in [0.1, 0.15) is 11.1 Å². The van der Waals surface area contributed by atoms with E-state index in [0.717, 1.165) is 138 Å². The molecular weight excluding hydrogens is 1170 g/mol. The molecule has 0 saturated heterocycles. The number of hydrogen-bond acceptors (Lipinski definition) is 5. The molecule has 0 aliphatic rings. The molecule has 13 aromatic carbocycles. The normalized spacial score (nSPS) is 11.1. The van der Waals surface area contributed by atoms with Crippen LogP contribution in [0.2, 0.25) is 0 Å². The smallest absolute Gasteiger partial charge is 0.187 e. The van der Waals surface area contributed by atoms with Crippen molar-refractivity contribution in [1.82, 2.24) is 24.1 Å². The third kappa shape index (κ3) is 10.3. The fourth-order valence-electron chi connectivity index (χ4n) is 13.1.